The lowest BCUT2D eigenvalue weighted by atomic mass is 10.2. The Morgan fingerprint density at radius 3 is 2.55 bits per heavy atom. The first kappa shape index (κ1) is 14.5. The fraction of sp³-hybridized carbons (Fsp3) is 0.333. The molecule has 1 aliphatic rings. The summed E-state index contributed by atoms with van der Waals surface area (Å²) in [6, 6.07) is 7.55. The highest BCUT2D eigenvalue weighted by molar-refractivity contribution is 7.80. The molecule has 0 N–H and O–H groups in total. The molecule has 4 nitrogen and oxygen atoms in total. The SMILES string of the molecule is [C-]#[N+]/C(=C\c1ccc(OC)cc1)C(=S)N1CCOCC1. The highest BCUT2D eigenvalue weighted by Crippen LogP contribution is 2.17. The van der Waals surface area contributed by atoms with Crippen LogP contribution in [0, 0.1) is 6.57 Å². The molecular weight excluding hydrogens is 272 g/mol. The number of hydrogen-bond donors (Lipinski definition) is 0. The maximum atomic E-state index is 7.32. The maximum Gasteiger partial charge on any atom is 0.221 e. The highest BCUT2D eigenvalue weighted by Gasteiger charge is 2.17. The fourth-order valence-corrected chi connectivity index (χ4v) is 2.22. The minimum absolute atomic E-state index is 0.493. The van der Waals surface area contributed by atoms with Gasteiger partial charge in [-0.3, -0.25) is 0 Å². The van der Waals surface area contributed by atoms with E-state index in [0.717, 1.165) is 24.4 Å². The monoisotopic (exact) mass is 288 g/mol. The van der Waals surface area contributed by atoms with E-state index in [0.29, 0.717) is 23.9 Å². The molecule has 0 aliphatic carbocycles. The van der Waals surface area contributed by atoms with Gasteiger partial charge in [0.2, 0.25) is 5.70 Å². The normalized spacial score (nSPS) is 15.6. The summed E-state index contributed by atoms with van der Waals surface area (Å²) in [5, 5.41) is 0. The molecule has 0 atom stereocenters. The Kier molecular flexibility index (Phi) is 5.10. The molecule has 1 aromatic rings. The van der Waals surface area contributed by atoms with E-state index in [9.17, 15) is 0 Å². The van der Waals surface area contributed by atoms with Crippen molar-refractivity contribution >= 4 is 23.3 Å². The lowest BCUT2D eigenvalue weighted by Gasteiger charge is -2.29. The average Bonchev–Trinajstić information content (AvgIpc) is 2.53. The molecule has 1 aliphatic heterocycles. The molecule has 2 rings (SSSR count). The number of ether oxygens (including phenoxy) is 2. The smallest absolute Gasteiger partial charge is 0.221 e. The van der Waals surface area contributed by atoms with Gasteiger partial charge < -0.3 is 14.4 Å². The summed E-state index contributed by atoms with van der Waals surface area (Å²) in [6.45, 7) is 10.1. The summed E-state index contributed by atoms with van der Waals surface area (Å²) in [5.41, 5.74) is 1.43. The molecule has 0 unspecified atom stereocenters. The minimum atomic E-state index is 0.493. The number of methoxy groups -OCH3 is 1. The van der Waals surface area contributed by atoms with Crippen molar-refractivity contribution < 1.29 is 9.47 Å². The van der Waals surface area contributed by atoms with Gasteiger partial charge in [0.05, 0.1) is 26.9 Å². The Morgan fingerprint density at radius 2 is 2.00 bits per heavy atom. The predicted molar refractivity (Wildman–Crippen MR) is 82.6 cm³/mol. The minimum Gasteiger partial charge on any atom is -0.497 e. The molecule has 1 fully saturated rings. The van der Waals surface area contributed by atoms with E-state index >= 15 is 0 Å². The van der Waals surface area contributed by atoms with Crippen molar-refractivity contribution in [3.05, 3.63) is 46.9 Å². The second kappa shape index (κ2) is 7.04. The van der Waals surface area contributed by atoms with Crippen LogP contribution < -0.4 is 4.74 Å². The molecule has 5 heteroatoms. The van der Waals surface area contributed by atoms with Crippen molar-refractivity contribution in [3.8, 4) is 5.75 Å². The molecule has 0 spiro atoms. The molecule has 1 saturated heterocycles. The third-order valence-corrected chi connectivity index (χ3v) is 3.52. The zero-order valence-electron chi connectivity index (χ0n) is 11.3. The highest BCUT2D eigenvalue weighted by atomic mass is 32.1. The van der Waals surface area contributed by atoms with Crippen molar-refractivity contribution in [2.24, 2.45) is 0 Å². The Bertz CT molecular complexity index is 540. The molecule has 0 amide bonds. The Balaban J connectivity index is 2.15. The van der Waals surface area contributed by atoms with Crippen LogP contribution in [-0.4, -0.2) is 43.3 Å². The fourth-order valence-electron chi connectivity index (χ4n) is 1.93. The van der Waals surface area contributed by atoms with Crippen molar-refractivity contribution in [3.63, 3.8) is 0 Å². The number of benzene rings is 1. The molecule has 1 heterocycles. The van der Waals surface area contributed by atoms with Crippen LogP contribution in [0.3, 0.4) is 0 Å². The van der Waals surface area contributed by atoms with Gasteiger partial charge in [0, 0.05) is 13.1 Å². The molecule has 20 heavy (non-hydrogen) atoms. The lowest BCUT2D eigenvalue weighted by Crippen LogP contribution is -2.40. The second-order valence-electron chi connectivity index (χ2n) is 4.32. The van der Waals surface area contributed by atoms with Gasteiger partial charge in [0.1, 0.15) is 10.7 Å². The van der Waals surface area contributed by atoms with Crippen molar-refractivity contribution in [2.45, 2.75) is 0 Å². The largest absolute Gasteiger partial charge is 0.497 e. The summed E-state index contributed by atoms with van der Waals surface area (Å²) >= 11 is 5.41. The first-order valence-electron chi connectivity index (χ1n) is 6.35. The first-order valence-corrected chi connectivity index (χ1v) is 6.75. The predicted octanol–water partition coefficient (Wildman–Crippen LogP) is 2.61. The molecule has 0 radical (unpaired) electrons. The lowest BCUT2D eigenvalue weighted by molar-refractivity contribution is 0.0693. The summed E-state index contributed by atoms with van der Waals surface area (Å²) in [7, 11) is 1.63. The first-order chi connectivity index (χ1) is 9.74. The zero-order chi connectivity index (χ0) is 14.4. The molecular formula is C15H16N2O2S. The number of rotatable bonds is 3. The molecule has 104 valence electrons. The second-order valence-corrected chi connectivity index (χ2v) is 4.71. The van der Waals surface area contributed by atoms with Crippen LogP contribution >= 0.6 is 12.2 Å². The summed E-state index contributed by atoms with van der Waals surface area (Å²) in [5.74, 6) is 0.794. The third kappa shape index (κ3) is 3.56. The maximum absolute atomic E-state index is 7.32. The number of thiocarbonyl (C=S) groups is 1. The molecule has 0 aromatic heterocycles. The average molecular weight is 288 g/mol. The van der Waals surface area contributed by atoms with Crippen LogP contribution in [0.5, 0.6) is 5.75 Å². The van der Waals surface area contributed by atoms with Crippen LogP contribution in [0.2, 0.25) is 0 Å². The van der Waals surface area contributed by atoms with E-state index in [4.69, 9.17) is 28.3 Å². The van der Waals surface area contributed by atoms with Crippen molar-refractivity contribution in [1.29, 1.82) is 0 Å². The van der Waals surface area contributed by atoms with Crippen molar-refractivity contribution in [2.75, 3.05) is 33.4 Å². The number of nitrogens with zero attached hydrogens (tertiary/aromatic N) is 2. The van der Waals surface area contributed by atoms with E-state index in [1.165, 1.54) is 0 Å². The van der Waals surface area contributed by atoms with Gasteiger partial charge in [-0.05, 0) is 23.8 Å². The van der Waals surface area contributed by atoms with Gasteiger partial charge in [0.25, 0.3) is 0 Å². The van der Waals surface area contributed by atoms with E-state index in [-0.39, 0.29) is 0 Å². The Labute approximate surface area is 124 Å². The topological polar surface area (TPSA) is 26.1 Å². The van der Waals surface area contributed by atoms with Crippen molar-refractivity contribution in [1.82, 2.24) is 4.90 Å². The van der Waals surface area contributed by atoms with Gasteiger partial charge in [-0.2, -0.15) is 0 Å². The van der Waals surface area contributed by atoms with E-state index in [1.807, 2.05) is 35.2 Å². The Morgan fingerprint density at radius 1 is 1.35 bits per heavy atom. The summed E-state index contributed by atoms with van der Waals surface area (Å²) in [4.78, 5) is 6.17. The molecule has 1 aromatic carbocycles. The molecule has 0 saturated carbocycles. The van der Waals surface area contributed by atoms with Gasteiger partial charge in [-0.15, -0.1) is 0 Å². The van der Waals surface area contributed by atoms with Crippen LogP contribution in [0.1, 0.15) is 5.56 Å². The standard InChI is InChI=1S/C15H16N2O2S/c1-16-14(15(20)17-7-9-19-10-8-17)11-12-3-5-13(18-2)6-4-12/h3-6,11H,7-10H2,2H3/b14-11-. The molecule has 0 bridgehead atoms. The van der Waals surface area contributed by atoms with Crippen LogP contribution in [0.25, 0.3) is 10.9 Å². The van der Waals surface area contributed by atoms with Crippen LogP contribution in [0.15, 0.2) is 30.0 Å². The van der Waals surface area contributed by atoms with Gasteiger partial charge >= 0.3 is 0 Å². The van der Waals surface area contributed by atoms with Gasteiger partial charge in [0.15, 0.2) is 0 Å². The zero-order valence-corrected chi connectivity index (χ0v) is 12.2. The van der Waals surface area contributed by atoms with Gasteiger partial charge in [-0.25, -0.2) is 4.85 Å². The Hall–Kier alpha value is -1.90. The van der Waals surface area contributed by atoms with Gasteiger partial charge in [-0.1, -0.05) is 24.4 Å². The third-order valence-electron chi connectivity index (χ3n) is 3.06. The number of morpholine rings is 1. The van der Waals surface area contributed by atoms with Crippen LogP contribution in [0.4, 0.5) is 0 Å². The van der Waals surface area contributed by atoms with E-state index < -0.39 is 0 Å². The van der Waals surface area contributed by atoms with E-state index in [1.54, 1.807) is 7.11 Å². The van der Waals surface area contributed by atoms with E-state index in [2.05, 4.69) is 4.85 Å². The summed E-state index contributed by atoms with van der Waals surface area (Å²) < 4.78 is 10.4. The summed E-state index contributed by atoms with van der Waals surface area (Å²) in [6.07, 6.45) is 1.81. The quantitative estimate of drug-likeness (QED) is 0.485. The number of hydrogen-bond acceptors (Lipinski definition) is 3. The van der Waals surface area contributed by atoms with Crippen LogP contribution in [-0.2, 0) is 4.74 Å².